The number of sulfonamides is 1. The van der Waals surface area contributed by atoms with Crippen LogP contribution in [0, 0.1) is 5.82 Å². The standard InChI is InChI=1S/C18H19F3N4O3S/c1-18(9-29(27,28)25(2)10-23-18)13-7-12(4-5-14(13)19)24-17(26)15-6-3-11(8-22-15)16(20)21/h3-8,16,23H,9-10H2,1-2H3,(H,24,26)/t18-/m0/s1. The van der Waals surface area contributed by atoms with Crippen molar-refractivity contribution in [3.05, 3.63) is 59.2 Å². The first-order chi connectivity index (χ1) is 13.5. The molecule has 0 unspecified atom stereocenters. The van der Waals surface area contributed by atoms with Crippen LogP contribution in [0.15, 0.2) is 36.5 Å². The molecular formula is C18H19F3N4O3S. The average molecular weight is 428 g/mol. The van der Waals surface area contributed by atoms with Crippen LogP contribution in [0.5, 0.6) is 0 Å². The number of carbonyl (C=O) groups excluding carboxylic acids is 1. The maximum absolute atomic E-state index is 14.5. The Morgan fingerprint density at radius 1 is 1.31 bits per heavy atom. The number of amides is 1. The molecular weight excluding hydrogens is 409 g/mol. The third-order valence-corrected chi connectivity index (χ3v) is 6.75. The minimum Gasteiger partial charge on any atom is -0.321 e. The molecule has 11 heteroatoms. The number of nitrogens with one attached hydrogen (secondary N) is 2. The highest BCUT2D eigenvalue weighted by atomic mass is 32.2. The molecule has 0 radical (unpaired) electrons. The van der Waals surface area contributed by atoms with E-state index in [1.807, 2.05) is 0 Å². The fraction of sp³-hybridized carbons (Fsp3) is 0.333. The van der Waals surface area contributed by atoms with E-state index in [-0.39, 0.29) is 34.9 Å². The van der Waals surface area contributed by atoms with Gasteiger partial charge in [0.15, 0.2) is 0 Å². The first-order valence-electron chi connectivity index (χ1n) is 8.56. The first-order valence-corrected chi connectivity index (χ1v) is 10.2. The molecule has 1 fully saturated rings. The van der Waals surface area contributed by atoms with Gasteiger partial charge in [0.25, 0.3) is 12.3 Å². The zero-order valence-corrected chi connectivity index (χ0v) is 16.4. The van der Waals surface area contributed by atoms with Crippen LogP contribution in [0.25, 0.3) is 0 Å². The van der Waals surface area contributed by atoms with Gasteiger partial charge in [-0.15, -0.1) is 0 Å². The molecule has 2 heterocycles. The molecule has 156 valence electrons. The van der Waals surface area contributed by atoms with Crippen molar-refractivity contribution in [3.8, 4) is 0 Å². The maximum atomic E-state index is 14.5. The summed E-state index contributed by atoms with van der Waals surface area (Å²) in [6, 6.07) is 6.03. The predicted molar refractivity (Wildman–Crippen MR) is 100 cm³/mol. The number of nitrogens with zero attached hydrogens (tertiary/aromatic N) is 2. The van der Waals surface area contributed by atoms with Crippen molar-refractivity contribution in [3.63, 3.8) is 0 Å². The van der Waals surface area contributed by atoms with Crippen LogP contribution in [-0.2, 0) is 15.6 Å². The molecule has 1 saturated heterocycles. The molecule has 1 aliphatic rings. The van der Waals surface area contributed by atoms with E-state index in [0.717, 1.165) is 28.7 Å². The first kappa shape index (κ1) is 21.2. The molecule has 7 nitrogen and oxygen atoms in total. The summed E-state index contributed by atoms with van der Waals surface area (Å²) in [5.74, 6) is -1.66. The summed E-state index contributed by atoms with van der Waals surface area (Å²) in [6.07, 6.45) is -1.79. The Hall–Kier alpha value is -2.50. The Kier molecular flexibility index (Phi) is 5.65. The number of hydrogen-bond acceptors (Lipinski definition) is 5. The summed E-state index contributed by atoms with van der Waals surface area (Å²) in [7, 11) is -2.16. The van der Waals surface area contributed by atoms with E-state index in [2.05, 4.69) is 15.6 Å². The summed E-state index contributed by atoms with van der Waals surface area (Å²) in [5, 5.41) is 5.51. The highest BCUT2D eigenvalue weighted by molar-refractivity contribution is 7.89. The molecule has 0 bridgehead atoms. The lowest BCUT2D eigenvalue weighted by atomic mass is 9.93. The number of rotatable bonds is 4. The number of halogens is 3. The van der Waals surface area contributed by atoms with Crippen molar-refractivity contribution < 1.29 is 26.4 Å². The molecule has 3 rings (SSSR count). The van der Waals surface area contributed by atoms with Gasteiger partial charge in [-0.25, -0.2) is 21.6 Å². The van der Waals surface area contributed by atoms with Crippen LogP contribution >= 0.6 is 0 Å². The van der Waals surface area contributed by atoms with Gasteiger partial charge < -0.3 is 5.32 Å². The van der Waals surface area contributed by atoms with E-state index in [0.29, 0.717) is 0 Å². The van der Waals surface area contributed by atoms with Gasteiger partial charge in [0.2, 0.25) is 10.0 Å². The van der Waals surface area contributed by atoms with Crippen LogP contribution in [0.1, 0.15) is 35.0 Å². The predicted octanol–water partition coefficient (Wildman–Crippen LogP) is 2.45. The van der Waals surface area contributed by atoms with Crippen molar-refractivity contribution in [2.75, 3.05) is 24.8 Å². The van der Waals surface area contributed by atoms with Gasteiger partial charge >= 0.3 is 0 Å². The second kappa shape index (κ2) is 7.73. The van der Waals surface area contributed by atoms with Gasteiger partial charge in [0, 0.05) is 30.1 Å². The van der Waals surface area contributed by atoms with Gasteiger partial charge in [-0.1, -0.05) is 0 Å². The summed E-state index contributed by atoms with van der Waals surface area (Å²) in [6.45, 7) is 1.57. The van der Waals surface area contributed by atoms with Crippen molar-refractivity contribution in [2.45, 2.75) is 18.9 Å². The van der Waals surface area contributed by atoms with E-state index in [9.17, 15) is 26.4 Å². The molecule has 1 amide bonds. The molecule has 0 aliphatic carbocycles. The number of alkyl halides is 2. The van der Waals surface area contributed by atoms with Gasteiger partial charge in [0.05, 0.1) is 18.0 Å². The van der Waals surface area contributed by atoms with Crippen molar-refractivity contribution in [1.82, 2.24) is 14.6 Å². The normalized spacial score (nSPS) is 21.9. The summed E-state index contributed by atoms with van der Waals surface area (Å²) in [4.78, 5) is 16.0. The van der Waals surface area contributed by atoms with Gasteiger partial charge in [-0.3, -0.25) is 15.1 Å². The lowest BCUT2D eigenvalue weighted by Gasteiger charge is -2.39. The molecule has 1 aromatic heterocycles. The summed E-state index contributed by atoms with van der Waals surface area (Å²) in [5.41, 5.74) is -1.31. The molecule has 2 aromatic rings. The van der Waals surface area contributed by atoms with E-state index in [4.69, 9.17) is 0 Å². The largest absolute Gasteiger partial charge is 0.321 e. The topological polar surface area (TPSA) is 91.4 Å². The minimum absolute atomic E-state index is 0.00919. The highest BCUT2D eigenvalue weighted by Gasteiger charge is 2.40. The van der Waals surface area contributed by atoms with Crippen molar-refractivity contribution in [1.29, 1.82) is 0 Å². The SMILES string of the molecule is CN1CN[C@](C)(c2cc(NC(=O)c3ccc(C(F)F)cn3)ccc2F)CS1(=O)=O. The summed E-state index contributed by atoms with van der Waals surface area (Å²) >= 11 is 0. The maximum Gasteiger partial charge on any atom is 0.274 e. The van der Waals surface area contributed by atoms with E-state index < -0.39 is 33.7 Å². The number of anilines is 1. The number of hydrogen-bond donors (Lipinski definition) is 2. The Bertz CT molecular complexity index is 1030. The smallest absolute Gasteiger partial charge is 0.274 e. The molecule has 2 N–H and O–H groups in total. The van der Waals surface area contributed by atoms with E-state index >= 15 is 0 Å². The number of carbonyl (C=O) groups is 1. The van der Waals surface area contributed by atoms with Crippen LogP contribution in [0.4, 0.5) is 18.9 Å². The molecule has 0 spiro atoms. The Balaban J connectivity index is 1.84. The second-order valence-corrected chi connectivity index (χ2v) is 9.02. The Morgan fingerprint density at radius 3 is 2.62 bits per heavy atom. The third kappa shape index (κ3) is 4.41. The number of benzene rings is 1. The van der Waals surface area contributed by atoms with Crippen LogP contribution < -0.4 is 10.6 Å². The molecule has 1 atom stereocenters. The lowest BCUT2D eigenvalue weighted by molar-refractivity contribution is 0.102. The monoisotopic (exact) mass is 428 g/mol. The fourth-order valence-corrected chi connectivity index (χ4v) is 4.44. The van der Waals surface area contributed by atoms with Gasteiger partial charge in [0.1, 0.15) is 11.5 Å². The third-order valence-electron chi connectivity index (χ3n) is 4.73. The average Bonchev–Trinajstić information content (AvgIpc) is 2.66. The minimum atomic E-state index is -3.58. The quantitative estimate of drug-likeness (QED) is 0.781. The molecule has 0 saturated carbocycles. The Labute approximate surface area is 166 Å². The second-order valence-electron chi connectivity index (χ2n) is 6.95. The van der Waals surface area contributed by atoms with Crippen LogP contribution in [-0.4, -0.2) is 43.1 Å². The van der Waals surface area contributed by atoms with Gasteiger partial charge in [-0.2, -0.15) is 4.31 Å². The zero-order valence-electron chi connectivity index (χ0n) is 15.6. The zero-order chi connectivity index (χ0) is 21.4. The van der Waals surface area contributed by atoms with Crippen molar-refractivity contribution in [2.24, 2.45) is 0 Å². The summed E-state index contributed by atoms with van der Waals surface area (Å²) < 4.78 is 65.3. The Morgan fingerprint density at radius 2 is 2.03 bits per heavy atom. The van der Waals surface area contributed by atoms with Crippen LogP contribution in [0.3, 0.4) is 0 Å². The van der Waals surface area contributed by atoms with E-state index in [1.165, 1.54) is 19.2 Å². The number of pyridine rings is 1. The highest BCUT2D eigenvalue weighted by Crippen LogP contribution is 2.31. The lowest BCUT2D eigenvalue weighted by Crippen LogP contribution is -2.57. The van der Waals surface area contributed by atoms with Crippen molar-refractivity contribution >= 4 is 21.6 Å². The molecule has 29 heavy (non-hydrogen) atoms. The van der Waals surface area contributed by atoms with Crippen LogP contribution in [0.2, 0.25) is 0 Å². The molecule has 1 aromatic carbocycles. The van der Waals surface area contributed by atoms with Gasteiger partial charge in [-0.05, 0) is 37.3 Å². The number of aromatic nitrogens is 1. The fourth-order valence-electron chi connectivity index (χ4n) is 2.97. The van der Waals surface area contributed by atoms with E-state index in [1.54, 1.807) is 6.92 Å². The molecule has 1 aliphatic heterocycles.